The van der Waals surface area contributed by atoms with E-state index in [0.717, 1.165) is 25.0 Å². The Hall–Kier alpha value is -2.82. The van der Waals surface area contributed by atoms with Crippen LogP contribution < -0.4 is 10.1 Å². The fourth-order valence-corrected chi connectivity index (χ4v) is 2.46. The number of anilines is 1. The van der Waals surface area contributed by atoms with Gasteiger partial charge in [0.2, 0.25) is 5.91 Å². The molecule has 0 aromatic heterocycles. The Labute approximate surface area is 154 Å². The molecule has 26 heavy (non-hydrogen) atoms. The standard InChI is InChI=1S/C21H25NO4/c1-2-3-4-14-26-19-10-8-16(9-11-19)20(24)12-13-21(25)22-17-6-5-7-18(23)15-17/h5-11,15,23H,2-4,12-14H2,1H3,(H,22,25). The van der Waals surface area contributed by atoms with E-state index >= 15 is 0 Å². The molecule has 0 saturated carbocycles. The van der Waals surface area contributed by atoms with Crippen LogP contribution in [0.25, 0.3) is 0 Å². The maximum atomic E-state index is 12.2. The van der Waals surface area contributed by atoms with Gasteiger partial charge < -0.3 is 15.2 Å². The van der Waals surface area contributed by atoms with E-state index in [4.69, 9.17) is 4.74 Å². The largest absolute Gasteiger partial charge is 0.508 e. The zero-order valence-corrected chi connectivity index (χ0v) is 15.0. The normalized spacial score (nSPS) is 10.3. The van der Waals surface area contributed by atoms with Crippen LogP contribution in [-0.4, -0.2) is 23.4 Å². The van der Waals surface area contributed by atoms with Crippen LogP contribution in [0.4, 0.5) is 5.69 Å². The minimum absolute atomic E-state index is 0.0795. The number of aromatic hydroxyl groups is 1. The quantitative estimate of drug-likeness (QED) is 0.484. The highest BCUT2D eigenvalue weighted by Gasteiger charge is 2.10. The fourth-order valence-electron chi connectivity index (χ4n) is 2.46. The number of phenolic OH excluding ortho intramolecular Hbond substituents is 1. The Morgan fingerprint density at radius 1 is 1.04 bits per heavy atom. The number of hydrogen-bond donors (Lipinski definition) is 2. The van der Waals surface area contributed by atoms with Crippen molar-refractivity contribution in [1.29, 1.82) is 0 Å². The van der Waals surface area contributed by atoms with E-state index < -0.39 is 0 Å². The number of ether oxygens (including phenoxy) is 1. The van der Waals surface area contributed by atoms with Gasteiger partial charge in [-0.05, 0) is 42.8 Å². The van der Waals surface area contributed by atoms with Gasteiger partial charge in [0.15, 0.2) is 5.78 Å². The highest BCUT2D eigenvalue weighted by atomic mass is 16.5. The molecule has 0 unspecified atom stereocenters. The first kappa shape index (κ1) is 19.5. The second-order valence-corrected chi connectivity index (χ2v) is 6.10. The average molecular weight is 355 g/mol. The smallest absolute Gasteiger partial charge is 0.224 e. The van der Waals surface area contributed by atoms with Crippen LogP contribution in [0.15, 0.2) is 48.5 Å². The van der Waals surface area contributed by atoms with E-state index in [1.807, 2.05) is 0 Å². The highest BCUT2D eigenvalue weighted by Crippen LogP contribution is 2.17. The van der Waals surface area contributed by atoms with Crippen LogP contribution in [0, 0.1) is 0 Å². The summed E-state index contributed by atoms with van der Waals surface area (Å²) in [4.78, 5) is 24.1. The van der Waals surface area contributed by atoms with E-state index in [1.165, 1.54) is 12.1 Å². The van der Waals surface area contributed by atoms with Gasteiger partial charge in [-0.2, -0.15) is 0 Å². The van der Waals surface area contributed by atoms with Crippen molar-refractivity contribution in [1.82, 2.24) is 0 Å². The van der Waals surface area contributed by atoms with Gasteiger partial charge >= 0.3 is 0 Å². The number of hydrogen-bond acceptors (Lipinski definition) is 4. The molecule has 0 radical (unpaired) electrons. The van der Waals surface area contributed by atoms with E-state index in [9.17, 15) is 14.7 Å². The lowest BCUT2D eigenvalue weighted by molar-refractivity contribution is -0.116. The number of amides is 1. The van der Waals surface area contributed by atoms with Crippen LogP contribution in [0.3, 0.4) is 0 Å². The molecule has 2 aromatic rings. The third kappa shape index (κ3) is 6.59. The van der Waals surface area contributed by atoms with Crippen LogP contribution in [0.1, 0.15) is 49.4 Å². The number of ketones is 1. The van der Waals surface area contributed by atoms with Crippen LogP contribution in [-0.2, 0) is 4.79 Å². The Kier molecular flexibility index (Phi) is 7.68. The summed E-state index contributed by atoms with van der Waals surface area (Å²) in [6.45, 7) is 2.82. The van der Waals surface area contributed by atoms with Gasteiger partial charge in [0.25, 0.3) is 0 Å². The Morgan fingerprint density at radius 2 is 1.81 bits per heavy atom. The molecule has 1 amide bonds. The molecule has 0 atom stereocenters. The predicted octanol–water partition coefficient (Wildman–Crippen LogP) is 4.56. The second kappa shape index (κ2) is 10.2. The molecule has 0 fully saturated rings. The monoisotopic (exact) mass is 355 g/mol. The van der Waals surface area contributed by atoms with Crippen LogP contribution in [0.2, 0.25) is 0 Å². The maximum absolute atomic E-state index is 12.2. The molecule has 2 aromatic carbocycles. The van der Waals surface area contributed by atoms with Gasteiger partial charge in [0.05, 0.1) is 6.61 Å². The number of carbonyl (C=O) groups is 2. The summed E-state index contributed by atoms with van der Waals surface area (Å²) < 4.78 is 5.62. The molecule has 0 aliphatic heterocycles. The zero-order valence-electron chi connectivity index (χ0n) is 15.0. The number of carbonyl (C=O) groups excluding carboxylic acids is 2. The van der Waals surface area contributed by atoms with E-state index in [1.54, 1.807) is 36.4 Å². The third-order valence-corrected chi connectivity index (χ3v) is 3.90. The lowest BCUT2D eigenvalue weighted by atomic mass is 10.1. The number of benzene rings is 2. The van der Waals surface area contributed by atoms with Gasteiger partial charge in [0.1, 0.15) is 11.5 Å². The molecule has 0 bridgehead atoms. The van der Waals surface area contributed by atoms with Crippen molar-refractivity contribution >= 4 is 17.4 Å². The molecule has 5 heteroatoms. The summed E-state index contributed by atoms with van der Waals surface area (Å²) in [5, 5.41) is 12.0. The fraction of sp³-hybridized carbons (Fsp3) is 0.333. The molecule has 0 saturated heterocycles. The summed E-state index contributed by atoms with van der Waals surface area (Å²) in [5.74, 6) is 0.476. The third-order valence-electron chi connectivity index (χ3n) is 3.90. The zero-order chi connectivity index (χ0) is 18.8. The highest BCUT2D eigenvalue weighted by molar-refractivity contribution is 6.00. The van der Waals surface area contributed by atoms with Gasteiger partial charge in [-0.1, -0.05) is 25.8 Å². The first-order chi connectivity index (χ1) is 12.6. The molecule has 5 nitrogen and oxygen atoms in total. The van der Waals surface area contributed by atoms with E-state index in [0.29, 0.717) is 17.9 Å². The van der Waals surface area contributed by atoms with Crippen molar-refractivity contribution in [3.05, 3.63) is 54.1 Å². The first-order valence-electron chi connectivity index (χ1n) is 8.93. The summed E-state index contributed by atoms with van der Waals surface area (Å²) in [5.41, 5.74) is 1.07. The van der Waals surface area contributed by atoms with Crippen molar-refractivity contribution in [3.63, 3.8) is 0 Å². The van der Waals surface area contributed by atoms with Crippen molar-refractivity contribution in [2.24, 2.45) is 0 Å². The minimum atomic E-state index is -0.264. The molecule has 0 heterocycles. The lowest BCUT2D eigenvalue weighted by Crippen LogP contribution is -2.13. The van der Waals surface area contributed by atoms with Gasteiger partial charge in [-0.3, -0.25) is 9.59 Å². The maximum Gasteiger partial charge on any atom is 0.224 e. The number of nitrogens with one attached hydrogen (secondary N) is 1. The summed E-state index contributed by atoms with van der Waals surface area (Å²) in [6.07, 6.45) is 3.52. The molecule has 2 N–H and O–H groups in total. The van der Waals surface area contributed by atoms with Crippen molar-refractivity contribution < 1.29 is 19.4 Å². The molecular weight excluding hydrogens is 330 g/mol. The van der Waals surface area contributed by atoms with E-state index in [2.05, 4.69) is 12.2 Å². The Morgan fingerprint density at radius 3 is 2.50 bits per heavy atom. The molecule has 0 aliphatic carbocycles. The van der Waals surface area contributed by atoms with Crippen molar-refractivity contribution in [2.75, 3.05) is 11.9 Å². The minimum Gasteiger partial charge on any atom is -0.508 e. The molecule has 0 spiro atoms. The summed E-state index contributed by atoms with van der Waals surface area (Å²) in [6, 6.07) is 13.3. The van der Waals surface area contributed by atoms with Crippen LogP contribution in [0.5, 0.6) is 11.5 Å². The molecule has 138 valence electrons. The predicted molar refractivity (Wildman–Crippen MR) is 102 cm³/mol. The number of unbranched alkanes of at least 4 members (excludes halogenated alkanes) is 2. The van der Waals surface area contributed by atoms with Crippen LogP contribution >= 0.6 is 0 Å². The Balaban J connectivity index is 1.77. The van der Waals surface area contributed by atoms with E-state index in [-0.39, 0.29) is 30.3 Å². The van der Waals surface area contributed by atoms with Gasteiger partial charge in [0, 0.05) is 30.2 Å². The van der Waals surface area contributed by atoms with Gasteiger partial charge in [-0.15, -0.1) is 0 Å². The molecule has 0 aliphatic rings. The summed E-state index contributed by atoms with van der Waals surface area (Å²) >= 11 is 0. The Bertz CT molecular complexity index is 725. The average Bonchev–Trinajstić information content (AvgIpc) is 2.64. The molecule has 2 rings (SSSR count). The van der Waals surface area contributed by atoms with Crippen molar-refractivity contribution in [3.8, 4) is 11.5 Å². The SMILES string of the molecule is CCCCCOc1ccc(C(=O)CCC(=O)Nc2cccc(O)c2)cc1. The van der Waals surface area contributed by atoms with Crippen molar-refractivity contribution in [2.45, 2.75) is 39.0 Å². The number of rotatable bonds is 10. The number of Topliss-reactive ketones (excluding diaryl/α,β-unsaturated/α-hetero) is 1. The number of phenols is 1. The topological polar surface area (TPSA) is 75.6 Å². The lowest BCUT2D eigenvalue weighted by Gasteiger charge is -2.07. The first-order valence-corrected chi connectivity index (χ1v) is 8.93. The summed E-state index contributed by atoms with van der Waals surface area (Å²) in [7, 11) is 0. The second-order valence-electron chi connectivity index (χ2n) is 6.10. The molecular formula is C21H25NO4. The van der Waals surface area contributed by atoms with Gasteiger partial charge in [-0.25, -0.2) is 0 Å².